The van der Waals surface area contributed by atoms with Gasteiger partial charge in [-0.05, 0) is 35.4 Å². The molecule has 0 atom stereocenters. The topological polar surface area (TPSA) is 97.7 Å². The summed E-state index contributed by atoms with van der Waals surface area (Å²) in [5.74, 6) is 1.08. The van der Waals surface area contributed by atoms with E-state index in [-0.39, 0.29) is 11.6 Å². The van der Waals surface area contributed by atoms with Gasteiger partial charge in [0.25, 0.3) is 17.2 Å². The molecule has 4 aromatic rings. The van der Waals surface area contributed by atoms with Crippen LogP contribution >= 0.6 is 34.7 Å². The SMILES string of the molecule is [C-]#[N+]c1c(-c2cccc(OC)c2)nc(SCc2cccc(NC(=O)c3csc(Cl)c3OC)c2)[nH]c1=O. The number of thioether (sulfide) groups is 1. The predicted octanol–water partition coefficient (Wildman–Crippen LogP) is 6.26. The first-order valence-corrected chi connectivity index (χ1v) is 12.7. The van der Waals surface area contributed by atoms with Crippen molar-refractivity contribution in [3.63, 3.8) is 0 Å². The molecule has 0 spiro atoms. The van der Waals surface area contributed by atoms with Gasteiger partial charge in [0.05, 0.1) is 32.0 Å². The normalized spacial score (nSPS) is 10.5. The van der Waals surface area contributed by atoms with Crippen LogP contribution in [0.1, 0.15) is 15.9 Å². The molecule has 0 fully saturated rings. The van der Waals surface area contributed by atoms with Crippen LogP contribution < -0.4 is 20.3 Å². The number of rotatable bonds is 8. The Kier molecular flexibility index (Phi) is 7.95. The highest BCUT2D eigenvalue weighted by Gasteiger charge is 2.18. The fourth-order valence-corrected chi connectivity index (χ4v) is 5.20. The third kappa shape index (κ3) is 5.54. The van der Waals surface area contributed by atoms with Crippen molar-refractivity contribution in [1.29, 1.82) is 0 Å². The Labute approximate surface area is 220 Å². The minimum atomic E-state index is -0.510. The molecule has 36 heavy (non-hydrogen) atoms. The van der Waals surface area contributed by atoms with Gasteiger partial charge in [0.2, 0.25) is 0 Å². The second-order valence-corrected chi connectivity index (χ2v) is 9.76. The van der Waals surface area contributed by atoms with E-state index in [1.807, 2.05) is 18.2 Å². The number of hydrogen-bond acceptors (Lipinski definition) is 7. The summed E-state index contributed by atoms with van der Waals surface area (Å²) in [5.41, 5.74) is 2.17. The molecule has 0 radical (unpaired) electrons. The number of amides is 1. The molecule has 2 N–H and O–H groups in total. The lowest BCUT2D eigenvalue weighted by Gasteiger charge is -2.09. The van der Waals surface area contributed by atoms with Crippen LogP contribution in [0.3, 0.4) is 0 Å². The average Bonchev–Trinajstić information content (AvgIpc) is 3.27. The molecule has 2 aromatic carbocycles. The highest BCUT2D eigenvalue weighted by atomic mass is 35.5. The Morgan fingerprint density at radius 1 is 1.22 bits per heavy atom. The highest BCUT2D eigenvalue weighted by molar-refractivity contribution is 7.98. The van der Waals surface area contributed by atoms with Gasteiger partial charge in [0, 0.05) is 16.8 Å². The van der Waals surface area contributed by atoms with Crippen molar-refractivity contribution in [1.82, 2.24) is 9.97 Å². The number of hydrogen-bond donors (Lipinski definition) is 2. The van der Waals surface area contributed by atoms with Gasteiger partial charge in [-0.25, -0.2) is 9.83 Å². The number of ether oxygens (including phenoxy) is 2. The number of carbonyl (C=O) groups excluding carboxylic acids is 1. The molecule has 0 aliphatic heterocycles. The lowest BCUT2D eigenvalue weighted by molar-refractivity contribution is 0.102. The summed E-state index contributed by atoms with van der Waals surface area (Å²) in [6.45, 7) is 7.43. The third-order valence-electron chi connectivity index (χ3n) is 5.04. The summed E-state index contributed by atoms with van der Waals surface area (Å²) >= 11 is 8.60. The van der Waals surface area contributed by atoms with E-state index in [0.29, 0.717) is 49.3 Å². The minimum Gasteiger partial charge on any atom is -0.497 e. The van der Waals surface area contributed by atoms with E-state index >= 15 is 0 Å². The Morgan fingerprint density at radius 3 is 2.78 bits per heavy atom. The number of thiophene rings is 1. The fourth-order valence-electron chi connectivity index (χ4n) is 3.35. The van der Waals surface area contributed by atoms with Crippen molar-refractivity contribution in [2.45, 2.75) is 10.9 Å². The molecule has 2 aromatic heterocycles. The molecule has 0 saturated heterocycles. The van der Waals surface area contributed by atoms with Gasteiger partial charge < -0.3 is 19.8 Å². The predicted molar refractivity (Wildman–Crippen MR) is 143 cm³/mol. The Hall–Kier alpha value is -3.78. The standard InChI is InChI=1S/C25H19ClN4O4S2/c1-27-20-19(15-7-5-9-17(11-15)33-2)29-25(30-24(20)32)36-12-14-6-4-8-16(10-14)28-23(31)18-13-35-22(26)21(18)34-3/h4-11,13H,12H2,2-3H3,(H,28,31)(H,29,30,32). The monoisotopic (exact) mass is 538 g/mol. The van der Waals surface area contributed by atoms with Gasteiger partial charge in [-0.3, -0.25) is 9.59 Å². The molecule has 1 amide bonds. The zero-order valence-electron chi connectivity index (χ0n) is 19.1. The first kappa shape index (κ1) is 25.3. The van der Waals surface area contributed by atoms with E-state index in [1.165, 1.54) is 30.2 Å². The van der Waals surface area contributed by atoms with Gasteiger partial charge in [-0.1, -0.05) is 47.6 Å². The van der Waals surface area contributed by atoms with Crippen LogP contribution in [-0.4, -0.2) is 30.1 Å². The summed E-state index contributed by atoms with van der Waals surface area (Å²) in [4.78, 5) is 35.8. The van der Waals surface area contributed by atoms with Crippen molar-refractivity contribution in [2.75, 3.05) is 19.5 Å². The number of anilines is 1. The number of carbonyl (C=O) groups is 1. The first-order valence-electron chi connectivity index (χ1n) is 10.4. The summed E-state index contributed by atoms with van der Waals surface area (Å²) in [7, 11) is 3.01. The number of H-pyrrole nitrogens is 1. The van der Waals surface area contributed by atoms with Gasteiger partial charge >= 0.3 is 0 Å². The van der Waals surface area contributed by atoms with Crippen LogP contribution in [0.5, 0.6) is 11.5 Å². The second kappa shape index (κ2) is 11.3. The molecule has 4 rings (SSSR count). The van der Waals surface area contributed by atoms with Crippen molar-refractivity contribution < 1.29 is 14.3 Å². The molecule has 11 heteroatoms. The molecule has 182 valence electrons. The number of methoxy groups -OCH3 is 2. The first-order chi connectivity index (χ1) is 17.4. The summed E-state index contributed by atoms with van der Waals surface area (Å²) in [5, 5.41) is 4.87. The van der Waals surface area contributed by atoms with E-state index in [2.05, 4.69) is 20.1 Å². The van der Waals surface area contributed by atoms with Crippen molar-refractivity contribution in [2.24, 2.45) is 0 Å². The van der Waals surface area contributed by atoms with Gasteiger partial charge in [-0.2, -0.15) is 0 Å². The Bertz CT molecular complexity index is 1530. The Balaban J connectivity index is 1.53. The van der Waals surface area contributed by atoms with Crippen LogP contribution in [0.15, 0.2) is 63.9 Å². The molecule has 0 bridgehead atoms. The van der Waals surface area contributed by atoms with E-state index in [1.54, 1.807) is 42.8 Å². The van der Waals surface area contributed by atoms with Crippen molar-refractivity contribution >= 4 is 52.0 Å². The zero-order chi connectivity index (χ0) is 25.7. The van der Waals surface area contributed by atoms with Crippen LogP contribution in [0.2, 0.25) is 4.34 Å². The maximum Gasteiger partial charge on any atom is 0.276 e. The smallest absolute Gasteiger partial charge is 0.276 e. The lowest BCUT2D eigenvalue weighted by Crippen LogP contribution is -2.12. The summed E-state index contributed by atoms with van der Waals surface area (Å²) in [6.07, 6.45) is 0. The summed E-state index contributed by atoms with van der Waals surface area (Å²) < 4.78 is 10.9. The van der Waals surface area contributed by atoms with Crippen LogP contribution in [0.25, 0.3) is 16.1 Å². The Morgan fingerprint density at radius 2 is 2.03 bits per heavy atom. The average molecular weight is 539 g/mol. The molecule has 0 saturated carbocycles. The van der Waals surface area contributed by atoms with Gasteiger partial charge in [-0.15, -0.1) is 11.3 Å². The number of aromatic nitrogens is 2. The molecular formula is C25H19ClN4O4S2. The quantitative estimate of drug-likeness (QED) is 0.156. The van der Waals surface area contributed by atoms with E-state index in [0.717, 1.165) is 5.56 Å². The molecule has 8 nitrogen and oxygen atoms in total. The maximum atomic E-state index is 12.7. The van der Waals surface area contributed by atoms with Crippen molar-refractivity contribution in [3.8, 4) is 22.8 Å². The third-order valence-corrected chi connectivity index (χ3v) is 7.17. The zero-order valence-corrected chi connectivity index (χ0v) is 21.5. The van der Waals surface area contributed by atoms with Crippen LogP contribution in [-0.2, 0) is 5.75 Å². The highest BCUT2D eigenvalue weighted by Crippen LogP contribution is 2.35. The van der Waals surface area contributed by atoms with Crippen LogP contribution in [0, 0.1) is 6.57 Å². The van der Waals surface area contributed by atoms with Crippen LogP contribution in [0.4, 0.5) is 11.4 Å². The molecule has 0 aliphatic rings. The summed E-state index contributed by atoms with van der Waals surface area (Å²) in [6, 6.07) is 14.4. The number of halogens is 1. The molecule has 2 heterocycles. The lowest BCUT2D eigenvalue weighted by atomic mass is 10.1. The molecule has 0 unspecified atom stereocenters. The van der Waals surface area contributed by atoms with Gasteiger partial charge in [0.15, 0.2) is 10.9 Å². The van der Waals surface area contributed by atoms with E-state index in [4.69, 9.17) is 27.6 Å². The maximum absolute atomic E-state index is 12.7. The molecule has 0 aliphatic carbocycles. The minimum absolute atomic E-state index is 0.0822. The largest absolute Gasteiger partial charge is 0.497 e. The number of benzene rings is 2. The fraction of sp³-hybridized carbons (Fsp3) is 0.120. The van der Waals surface area contributed by atoms with E-state index in [9.17, 15) is 9.59 Å². The number of aromatic amines is 1. The van der Waals surface area contributed by atoms with E-state index < -0.39 is 5.56 Å². The second-order valence-electron chi connectivity index (χ2n) is 7.31. The van der Waals surface area contributed by atoms with Crippen molar-refractivity contribution in [3.05, 3.63) is 91.1 Å². The number of nitrogens with one attached hydrogen (secondary N) is 2. The van der Waals surface area contributed by atoms with Gasteiger partial charge in [0.1, 0.15) is 10.1 Å². The molecular weight excluding hydrogens is 520 g/mol. The number of nitrogens with zero attached hydrogens (tertiary/aromatic N) is 2.